The highest BCUT2D eigenvalue weighted by Crippen LogP contribution is 2.15. The van der Waals surface area contributed by atoms with Gasteiger partial charge in [0, 0.05) is 7.11 Å². The van der Waals surface area contributed by atoms with Crippen molar-refractivity contribution in [3.05, 3.63) is 0 Å². The van der Waals surface area contributed by atoms with Crippen LogP contribution in [0.25, 0.3) is 0 Å². The number of hydrogen-bond acceptors (Lipinski definition) is 5. The van der Waals surface area contributed by atoms with E-state index < -0.39 is 24.6 Å². The van der Waals surface area contributed by atoms with Crippen LogP contribution in [0, 0.1) is 0 Å². The van der Waals surface area contributed by atoms with E-state index in [1.807, 2.05) is 0 Å². The maximum absolute atomic E-state index is 9.15. The Kier molecular flexibility index (Phi) is 2.80. The highest BCUT2D eigenvalue weighted by Gasteiger charge is 2.37. The summed E-state index contributed by atoms with van der Waals surface area (Å²) in [6, 6.07) is 0. The van der Waals surface area contributed by atoms with E-state index in [1.165, 1.54) is 7.11 Å². The number of rotatable bonds is 1. The number of aliphatic hydroxyl groups is 3. The minimum Gasteiger partial charge on any atom is -0.388 e. The molecule has 0 aromatic heterocycles. The molecule has 66 valence electrons. The Labute approximate surface area is 64.2 Å². The van der Waals surface area contributed by atoms with Crippen LogP contribution in [0.2, 0.25) is 0 Å². The van der Waals surface area contributed by atoms with Gasteiger partial charge in [-0.05, 0) is 0 Å². The molecule has 0 amide bonds. The summed E-state index contributed by atoms with van der Waals surface area (Å²) in [5, 5.41) is 27.2. The zero-order valence-corrected chi connectivity index (χ0v) is 6.17. The minimum absolute atomic E-state index is 0.0171. The average molecular weight is 164 g/mol. The van der Waals surface area contributed by atoms with Gasteiger partial charge in [0.1, 0.15) is 18.3 Å². The fourth-order valence-corrected chi connectivity index (χ4v) is 0.987. The number of aliphatic hydroxyl groups excluding tert-OH is 3. The molecule has 1 aliphatic heterocycles. The number of methoxy groups -OCH3 is 1. The largest absolute Gasteiger partial charge is 0.388 e. The quantitative estimate of drug-likeness (QED) is 0.420. The first kappa shape index (κ1) is 8.89. The average Bonchev–Trinajstić information content (AvgIpc) is 2.01. The summed E-state index contributed by atoms with van der Waals surface area (Å²) in [5.74, 6) is 0. The van der Waals surface area contributed by atoms with Crippen LogP contribution in [0.15, 0.2) is 0 Å². The lowest BCUT2D eigenvalue weighted by molar-refractivity contribution is -0.261. The van der Waals surface area contributed by atoms with E-state index in [2.05, 4.69) is 4.74 Å². The lowest BCUT2D eigenvalue weighted by atomic mass is 10.1. The summed E-state index contributed by atoms with van der Waals surface area (Å²) in [6.45, 7) is -0.0171. The van der Waals surface area contributed by atoms with Gasteiger partial charge in [0.25, 0.3) is 0 Å². The standard InChI is InChI=1S/C6H12O5/c1-10-6-5(9)4(8)3(7)2-11-6/h3-9H,2H2,1H3/t3-,4+,5?,6+/m0/s1. The molecule has 4 atom stereocenters. The van der Waals surface area contributed by atoms with Crippen molar-refractivity contribution < 1.29 is 24.8 Å². The van der Waals surface area contributed by atoms with Crippen LogP contribution in [0.1, 0.15) is 0 Å². The molecular formula is C6H12O5. The number of hydrogen-bond donors (Lipinski definition) is 3. The molecule has 0 saturated carbocycles. The molecular weight excluding hydrogens is 152 g/mol. The molecule has 5 heteroatoms. The van der Waals surface area contributed by atoms with Crippen LogP contribution in [-0.4, -0.2) is 53.6 Å². The predicted molar refractivity (Wildman–Crippen MR) is 34.8 cm³/mol. The fraction of sp³-hybridized carbons (Fsp3) is 1.00. The Morgan fingerprint density at radius 2 is 1.91 bits per heavy atom. The van der Waals surface area contributed by atoms with Gasteiger partial charge in [-0.25, -0.2) is 0 Å². The zero-order chi connectivity index (χ0) is 8.43. The third kappa shape index (κ3) is 1.69. The first-order chi connectivity index (χ1) is 5.16. The smallest absolute Gasteiger partial charge is 0.185 e. The Morgan fingerprint density at radius 3 is 2.45 bits per heavy atom. The van der Waals surface area contributed by atoms with E-state index in [9.17, 15) is 0 Å². The summed E-state index contributed by atoms with van der Waals surface area (Å²) in [5.41, 5.74) is 0. The van der Waals surface area contributed by atoms with Crippen LogP contribution >= 0.6 is 0 Å². The lowest BCUT2D eigenvalue weighted by Crippen LogP contribution is -2.53. The summed E-state index contributed by atoms with van der Waals surface area (Å²) >= 11 is 0. The van der Waals surface area contributed by atoms with Gasteiger partial charge < -0.3 is 24.8 Å². The van der Waals surface area contributed by atoms with E-state index in [4.69, 9.17) is 20.1 Å². The maximum atomic E-state index is 9.15. The number of ether oxygens (including phenoxy) is 2. The first-order valence-corrected chi connectivity index (χ1v) is 3.35. The van der Waals surface area contributed by atoms with Crippen LogP contribution in [0.5, 0.6) is 0 Å². The fourth-order valence-electron chi connectivity index (χ4n) is 0.987. The van der Waals surface area contributed by atoms with Crippen LogP contribution < -0.4 is 0 Å². The van der Waals surface area contributed by atoms with Crippen molar-refractivity contribution in [1.82, 2.24) is 0 Å². The molecule has 0 spiro atoms. The topological polar surface area (TPSA) is 79.2 Å². The highest BCUT2D eigenvalue weighted by atomic mass is 16.7. The van der Waals surface area contributed by atoms with Gasteiger partial charge >= 0.3 is 0 Å². The minimum atomic E-state index is -1.19. The lowest BCUT2D eigenvalue weighted by Gasteiger charge is -2.33. The zero-order valence-electron chi connectivity index (χ0n) is 6.17. The summed E-state index contributed by atoms with van der Waals surface area (Å²) in [6.07, 6.45) is -4.23. The first-order valence-electron chi connectivity index (χ1n) is 3.35. The SMILES string of the molecule is CO[C@@H]1OC[C@H](O)[C@@H](O)C1O. The molecule has 1 aliphatic rings. The van der Waals surface area contributed by atoms with Crippen molar-refractivity contribution in [3.63, 3.8) is 0 Å². The van der Waals surface area contributed by atoms with Crippen molar-refractivity contribution in [2.75, 3.05) is 13.7 Å². The molecule has 0 radical (unpaired) electrons. The molecule has 0 aromatic carbocycles. The molecule has 1 rings (SSSR count). The molecule has 0 bridgehead atoms. The molecule has 0 aliphatic carbocycles. The van der Waals surface area contributed by atoms with Crippen molar-refractivity contribution >= 4 is 0 Å². The molecule has 5 nitrogen and oxygen atoms in total. The van der Waals surface area contributed by atoms with Crippen LogP contribution in [0.4, 0.5) is 0 Å². The van der Waals surface area contributed by atoms with Gasteiger partial charge in [-0.2, -0.15) is 0 Å². The highest BCUT2D eigenvalue weighted by molar-refractivity contribution is 4.81. The van der Waals surface area contributed by atoms with Gasteiger partial charge in [0.15, 0.2) is 6.29 Å². The normalized spacial score (nSPS) is 45.8. The maximum Gasteiger partial charge on any atom is 0.185 e. The molecule has 11 heavy (non-hydrogen) atoms. The second kappa shape index (κ2) is 3.46. The molecule has 0 aromatic rings. The third-order valence-corrected chi connectivity index (χ3v) is 1.69. The molecule has 3 N–H and O–H groups in total. The van der Waals surface area contributed by atoms with Crippen molar-refractivity contribution in [2.45, 2.75) is 24.6 Å². The van der Waals surface area contributed by atoms with Gasteiger partial charge in [0.2, 0.25) is 0 Å². The van der Waals surface area contributed by atoms with Gasteiger partial charge in [-0.3, -0.25) is 0 Å². The van der Waals surface area contributed by atoms with Gasteiger partial charge in [-0.1, -0.05) is 0 Å². The Bertz CT molecular complexity index is 126. The van der Waals surface area contributed by atoms with E-state index in [-0.39, 0.29) is 6.61 Å². The second-order valence-corrected chi connectivity index (χ2v) is 2.49. The molecule has 1 heterocycles. The van der Waals surface area contributed by atoms with E-state index in [0.717, 1.165) is 0 Å². The third-order valence-electron chi connectivity index (χ3n) is 1.69. The van der Waals surface area contributed by atoms with Gasteiger partial charge in [0.05, 0.1) is 6.61 Å². The second-order valence-electron chi connectivity index (χ2n) is 2.49. The van der Waals surface area contributed by atoms with E-state index >= 15 is 0 Å². The molecule has 1 unspecified atom stereocenters. The van der Waals surface area contributed by atoms with E-state index in [0.29, 0.717) is 0 Å². The molecule has 1 fully saturated rings. The monoisotopic (exact) mass is 164 g/mol. The Balaban J connectivity index is 2.52. The summed E-state index contributed by atoms with van der Waals surface area (Å²) < 4.78 is 9.52. The van der Waals surface area contributed by atoms with Crippen molar-refractivity contribution in [2.24, 2.45) is 0 Å². The predicted octanol–water partition coefficient (Wildman–Crippen LogP) is -1.93. The summed E-state index contributed by atoms with van der Waals surface area (Å²) in [4.78, 5) is 0. The van der Waals surface area contributed by atoms with Crippen LogP contribution in [0.3, 0.4) is 0 Å². The summed E-state index contributed by atoms with van der Waals surface area (Å²) in [7, 11) is 1.36. The van der Waals surface area contributed by atoms with Gasteiger partial charge in [-0.15, -0.1) is 0 Å². The molecule has 1 saturated heterocycles. The van der Waals surface area contributed by atoms with E-state index in [1.54, 1.807) is 0 Å². The van der Waals surface area contributed by atoms with Crippen LogP contribution in [-0.2, 0) is 9.47 Å². The Hall–Kier alpha value is -0.200. The van der Waals surface area contributed by atoms with Crippen molar-refractivity contribution in [1.29, 1.82) is 0 Å². The Morgan fingerprint density at radius 1 is 1.27 bits per heavy atom. The van der Waals surface area contributed by atoms with Crippen molar-refractivity contribution in [3.8, 4) is 0 Å².